The summed E-state index contributed by atoms with van der Waals surface area (Å²) in [5.74, 6) is -1.74. The minimum Gasteiger partial charge on any atom is -0.458 e. The van der Waals surface area contributed by atoms with Gasteiger partial charge < -0.3 is 19.7 Å². The van der Waals surface area contributed by atoms with Crippen molar-refractivity contribution in [1.29, 1.82) is 0 Å². The Bertz CT molecular complexity index is 697. The molecule has 1 heterocycles. The van der Waals surface area contributed by atoms with Gasteiger partial charge in [-0.25, -0.2) is 9.59 Å². The van der Waals surface area contributed by atoms with Gasteiger partial charge in [-0.1, -0.05) is 24.8 Å². The van der Waals surface area contributed by atoms with Crippen LogP contribution < -0.4 is 0 Å². The molecule has 0 unspecified atom stereocenters. The van der Waals surface area contributed by atoms with Crippen molar-refractivity contribution in [2.45, 2.75) is 58.0 Å². The summed E-state index contributed by atoms with van der Waals surface area (Å²) in [5, 5.41) is 20.9. The molecule has 0 bridgehead atoms. The number of allylic oxidation sites excluding steroid dienone is 1. The highest BCUT2D eigenvalue weighted by molar-refractivity contribution is 5.92. The van der Waals surface area contributed by atoms with Crippen molar-refractivity contribution < 1.29 is 29.3 Å². The topological polar surface area (TPSA) is 93.1 Å². The van der Waals surface area contributed by atoms with Crippen molar-refractivity contribution in [3.8, 4) is 0 Å². The highest BCUT2D eigenvalue weighted by Gasteiger charge is 2.46. The molecule has 1 saturated heterocycles. The lowest BCUT2D eigenvalue weighted by atomic mass is 9.82. The summed E-state index contributed by atoms with van der Waals surface area (Å²) in [6, 6.07) is 0. The molecule has 5 atom stereocenters. The molecule has 26 heavy (non-hydrogen) atoms. The summed E-state index contributed by atoms with van der Waals surface area (Å²) in [7, 11) is 0. The number of esters is 2. The standard InChI is InChI=1S/C20H26O6/c1-6-11(2)18(22)26-16-10-20(5,24)8-7-14(21)12(3)9-15-17(16)13(4)19(23)25-15/h6-9,14-17,21,24H,4,10H2,1-3,5H3/b8-7+,11-6-,12-9-/t14-,15+,16-,17-,20-/m0/s1. The van der Waals surface area contributed by atoms with Gasteiger partial charge in [0.15, 0.2) is 0 Å². The third-order valence-corrected chi connectivity index (χ3v) is 4.82. The van der Waals surface area contributed by atoms with E-state index in [1.165, 1.54) is 12.2 Å². The Balaban J connectivity index is 2.48. The van der Waals surface area contributed by atoms with Gasteiger partial charge in [0.2, 0.25) is 0 Å². The number of aliphatic hydroxyl groups is 2. The molecular weight excluding hydrogens is 336 g/mol. The smallest absolute Gasteiger partial charge is 0.334 e. The Labute approximate surface area is 153 Å². The van der Waals surface area contributed by atoms with Gasteiger partial charge in [0, 0.05) is 17.6 Å². The average Bonchev–Trinajstić information content (AvgIpc) is 2.84. The zero-order valence-electron chi connectivity index (χ0n) is 15.6. The first-order valence-electron chi connectivity index (χ1n) is 8.57. The minimum atomic E-state index is -1.36. The van der Waals surface area contributed by atoms with Crippen LogP contribution in [0.1, 0.15) is 34.1 Å². The molecule has 142 valence electrons. The second-order valence-electron chi connectivity index (χ2n) is 7.11. The Morgan fingerprint density at radius 2 is 2.15 bits per heavy atom. The first-order chi connectivity index (χ1) is 12.1. The van der Waals surface area contributed by atoms with Crippen LogP contribution in [0, 0.1) is 5.92 Å². The van der Waals surface area contributed by atoms with Crippen LogP contribution in [-0.2, 0) is 19.1 Å². The van der Waals surface area contributed by atoms with E-state index in [0.717, 1.165) is 0 Å². The Morgan fingerprint density at radius 1 is 1.50 bits per heavy atom. The van der Waals surface area contributed by atoms with Gasteiger partial charge in [-0.05, 0) is 39.3 Å². The van der Waals surface area contributed by atoms with E-state index < -0.39 is 41.8 Å². The predicted molar refractivity (Wildman–Crippen MR) is 96.0 cm³/mol. The van der Waals surface area contributed by atoms with Crippen molar-refractivity contribution in [3.63, 3.8) is 0 Å². The van der Waals surface area contributed by atoms with E-state index in [1.54, 1.807) is 39.8 Å². The maximum absolute atomic E-state index is 12.3. The number of fused-ring (bicyclic) bond motifs is 1. The Kier molecular flexibility index (Phi) is 5.88. The molecule has 2 aliphatic rings. The highest BCUT2D eigenvalue weighted by Crippen LogP contribution is 2.37. The molecule has 1 aliphatic heterocycles. The first-order valence-corrected chi connectivity index (χ1v) is 8.57. The molecule has 0 aromatic carbocycles. The molecule has 0 aromatic rings. The van der Waals surface area contributed by atoms with E-state index in [1.807, 2.05) is 0 Å². The molecule has 0 amide bonds. The van der Waals surface area contributed by atoms with Crippen molar-refractivity contribution in [3.05, 3.63) is 47.6 Å². The van der Waals surface area contributed by atoms with E-state index in [2.05, 4.69) is 6.58 Å². The summed E-state index contributed by atoms with van der Waals surface area (Å²) in [6.45, 7) is 10.4. The monoisotopic (exact) mass is 362 g/mol. The van der Waals surface area contributed by atoms with E-state index in [9.17, 15) is 19.8 Å². The highest BCUT2D eigenvalue weighted by atomic mass is 16.6. The maximum Gasteiger partial charge on any atom is 0.334 e. The molecular formula is C20H26O6. The lowest BCUT2D eigenvalue weighted by Crippen LogP contribution is -2.40. The maximum atomic E-state index is 12.3. The molecule has 1 fully saturated rings. The third-order valence-electron chi connectivity index (χ3n) is 4.82. The van der Waals surface area contributed by atoms with Crippen LogP contribution >= 0.6 is 0 Å². The largest absolute Gasteiger partial charge is 0.458 e. The molecule has 0 spiro atoms. The fraction of sp³-hybridized carbons (Fsp3) is 0.500. The van der Waals surface area contributed by atoms with Crippen LogP contribution in [0.5, 0.6) is 0 Å². The molecule has 0 saturated carbocycles. The molecule has 6 heteroatoms. The van der Waals surface area contributed by atoms with E-state index >= 15 is 0 Å². The number of hydrogen-bond acceptors (Lipinski definition) is 6. The Hall–Kier alpha value is -2.18. The summed E-state index contributed by atoms with van der Waals surface area (Å²) in [4.78, 5) is 24.4. The van der Waals surface area contributed by atoms with Crippen molar-refractivity contribution in [1.82, 2.24) is 0 Å². The summed E-state index contributed by atoms with van der Waals surface area (Å²) >= 11 is 0. The number of hydrogen-bond donors (Lipinski definition) is 2. The number of aliphatic hydroxyl groups excluding tert-OH is 1. The number of rotatable bonds is 2. The SMILES string of the molecule is C=C1C(=O)O[C@@H]2/C=C(/C)[C@@H](O)/C=C/[C@](C)(O)C[C@H](OC(=O)/C(C)=C\C)[C@@H]12. The van der Waals surface area contributed by atoms with Crippen LogP contribution in [0.2, 0.25) is 0 Å². The van der Waals surface area contributed by atoms with Crippen molar-refractivity contribution in [2.24, 2.45) is 5.92 Å². The zero-order valence-corrected chi connectivity index (χ0v) is 15.6. The molecule has 0 radical (unpaired) electrons. The summed E-state index contributed by atoms with van der Waals surface area (Å²) < 4.78 is 11.0. The number of carbonyl (C=O) groups is 2. The quantitative estimate of drug-likeness (QED) is 0.443. The average molecular weight is 362 g/mol. The van der Waals surface area contributed by atoms with Crippen LogP contribution in [0.3, 0.4) is 0 Å². The second-order valence-corrected chi connectivity index (χ2v) is 7.11. The van der Waals surface area contributed by atoms with Crippen LogP contribution in [0.4, 0.5) is 0 Å². The molecule has 6 nitrogen and oxygen atoms in total. The summed E-state index contributed by atoms with van der Waals surface area (Å²) in [5.41, 5.74) is -0.188. The van der Waals surface area contributed by atoms with E-state index in [4.69, 9.17) is 9.47 Å². The van der Waals surface area contributed by atoms with Gasteiger partial charge in [-0.3, -0.25) is 0 Å². The first kappa shape index (κ1) is 20.1. The minimum absolute atomic E-state index is 0.0304. The van der Waals surface area contributed by atoms with Gasteiger partial charge in [0.25, 0.3) is 0 Å². The molecule has 0 aromatic heterocycles. The molecule has 1 aliphatic carbocycles. The van der Waals surface area contributed by atoms with Crippen LogP contribution in [0.15, 0.2) is 47.6 Å². The molecule has 2 rings (SSSR count). The lowest BCUT2D eigenvalue weighted by molar-refractivity contribution is -0.150. The number of carbonyl (C=O) groups excluding carboxylic acids is 2. The lowest BCUT2D eigenvalue weighted by Gasteiger charge is -2.32. The molecule has 2 N–H and O–H groups in total. The van der Waals surface area contributed by atoms with Crippen molar-refractivity contribution in [2.75, 3.05) is 0 Å². The van der Waals surface area contributed by atoms with E-state index in [0.29, 0.717) is 11.1 Å². The van der Waals surface area contributed by atoms with Crippen LogP contribution in [-0.4, -0.2) is 46.1 Å². The van der Waals surface area contributed by atoms with Crippen LogP contribution in [0.25, 0.3) is 0 Å². The zero-order chi connectivity index (χ0) is 19.6. The van der Waals surface area contributed by atoms with Gasteiger partial charge in [-0.2, -0.15) is 0 Å². The fourth-order valence-corrected chi connectivity index (χ4v) is 3.05. The van der Waals surface area contributed by atoms with Gasteiger partial charge in [0.1, 0.15) is 12.2 Å². The summed E-state index contributed by atoms with van der Waals surface area (Å²) in [6.07, 6.45) is 3.77. The second kappa shape index (κ2) is 7.60. The number of ether oxygens (including phenoxy) is 2. The van der Waals surface area contributed by atoms with Gasteiger partial charge in [-0.15, -0.1) is 0 Å². The third kappa shape index (κ3) is 4.31. The van der Waals surface area contributed by atoms with E-state index in [-0.39, 0.29) is 12.0 Å². The Morgan fingerprint density at radius 3 is 2.77 bits per heavy atom. The van der Waals surface area contributed by atoms with Crippen molar-refractivity contribution >= 4 is 11.9 Å². The fourth-order valence-electron chi connectivity index (χ4n) is 3.05. The van der Waals surface area contributed by atoms with Gasteiger partial charge >= 0.3 is 11.9 Å². The normalized spacial score (nSPS) is 38.7. The predicted octanol–water partition coefficient (Wildman–Crippen LogP) is 1.98. The van der Waals surface area contributed by atoms with Gasteiger partial charge in [0.05, 0.1) is 17.6 Å².